The number of hydrogen-bond acceptors (Lipinski definition) is 6. The molecule has 0 atom stereocenters. The van der Waals surface area contributed by atoms with Crippen molar-refractivity contribution in [2.24, 2.45) is 0 Å². The number of aliphatic hydroxyl groups excluding tert-OH is 1. The van der Waals surface area contributed by atoms with Crippen LogP contribution in [-0.2, 0) is 11.3 Å². The third-order valence-electron chi connectivity index (χ3n) is 5.85. The average Bonchev–Trinajstić information content (AvgIpc) is 3.28. The van der Waals surface area contributed by atoms with E-state index in [0.717, 1.165) is 59.6 Å². The van der Waals surface area contributed by atoms with E-state index in [1.165, 1.54) is 6.08 Å². The van der Waals surface area contributed by atoms with Gasteiger partial charge in [-0.1, -0.05) is 18.7 Å². The fourth-order valence-corrected chi connectivity index (χ4v) is 4.76. The minimum Gasteiger partial charge on any atom is -0.447 e. The summed E-state index contributed by atoms with van der Waals surface area (Å²) < 4.78 is 1.98. The van der Waals surface area contributed by atoms with Crippen LogP contribution in [0.25, 0.3) is 11.3 Å². The van der Waals surface area contributed by atoms with E-state index >= 15 is 0 Å². The number of rotatable bonds is 8. The second-order valence-electron chi connectivity index (χ2n) is 9.31. The van der Waals surface area contributed by atoms with Gasteiger partial charge in [-0.2, -0.15) is 0 Å². The molecule has 3 heterocycles. The van der Waals surface area contributed by atoms with Crippen molar-refractivity contribution >= 4 is 39.9 Å². The standard InChI is InChI=1S/C27H33N7O2S/c1-5-25(35)30-22-8-6-7-21(15-22)23-13-20(14-24(31-23)32-26-28-16-19(4)37-26)17-33-9-11-34(12-10-33)27(36)29-18(2)3/h5-8,13-16,18H,1,9-12,17H2,2-4H3,(H3,28,29,30,31,32,35,36)/p+1. The van der Waals surface area contributed by atoms with Crippen LogP contribution in [0.15, 0.2) is 55.3 Å². The molecule has 1 aliphatic rings. The van der Waals surface area contributed by atoms with Gasteiger partial charge in [0.25, 0.3) is 0 Å². The Morgan fingerprint density at radius 1 is 1.27 bits per heavy atom. The molecule has 0 unspecified atom stereocenters. The molecule has 9 nitrogen and oxygen atoms in total. The Labute approximate surface area is 221 Å². The quantitative estimate of drug-likeness (QED) is 0.201. The Bertz CT molecular complexity index is 1290. The van der Waals surface area contributed by atoms with Crippen LogP contribution in [0.5, 0.6) is 0 Å². The van der Waals surface area contributed by atoms with Crippen molar-refractivity contribution in [3.63, 3.8) is 0 Å². The molecule has 1 fully saturated rings. The zero-order valence-electron chi connectivity index (χ0n) is 21.5. The van der Waals surface area contributed by atoms with Crippen LogP contribution in [0, 0.1) is 6.92 Å². The van der Waals surface area contributed by atoms with Crippen LogP contribution >= 0.6 is 11.3 Å². The van der Waals surface area contributed by atoms with Crippen molar-refractivity contribution in [3.8, 4) is 11.3 Å². The summed E-state index contributed by atoms with van der Waals surface area (Å²) in [5.74, 6) is 0.458. The highest BCUT2D eigenvalue weighted by Crippen LogP contribution is 2.27. The van der Waals surface area contributed by atoms with E-state index in [1.807, 2.05) is 55.8 Å². The number of thiazole rings is 1. The third kappa shape index (κ3) is 7.37. The van der Waals surface area contributed by atoms with E-state index in [2.05, 4.69) is 44.5 Å². The molecule has 0 saturated carbocycles. The molecule has 37 heavy (non-hydrogen) atoms. The number of piperazine rings is 1. The van der Waals surface area contributed by atoms with Crippen molar-refractivity contribution in [2.45, 2.75) is 33.4 Å². The van der Waals surface area contributed by atoms with E-state index in [1.54, 1.807) is 11.3 Å². The molecule has 194 valence electrons. The first kappa shape index (κ1) is 26.3. The number of amides is 1. The van der Waals surface area contributed by atoms with Crippen LogP contribution in [0.1, 0.15) is 24.3 Å². The number of aromatic nitrogens is 2. The summed E-state index contributed by atoms with van der Waals surface area (Å²) in [5.41, 5.74) is 3.49. The molecule has 10 heteroatoms. The Morgan fingerprint density at radius 2 is 2.05 bits per heavy atom. The Hall–Kier alpha value is -3.76. The van der Waals surface area contributed by atoms with Crippen molar-refractivity contribution in [3.05, 3.63) is 65.7 Å². The smallest absolute Gasteiger partial charge is 0.441 e. The molecule has 1 saturated heterocycles. The molecule has 0 bridgehead atoms. The fourth-order valence-electron chi connectivity index (χ4n) is 4.09. The van der Waals surface area contributed by atoms with Gasteiger partial charge in [0.2, 0.25) is 5.91 Å². The normalized spacial score (nSPS) is 13.9. The molecule has 2 aromatic heterocycles. The number of nitrogens with zero attached hydrogens (tertiary/aromatic N) is 4. The van der Waals surface area contributed by atoms with E-state index in [9.17, 15) is 9.90 Å². The van der Waals surface area contributed by atoms with Gasteiger partial charge in [-0.3, -0.25) is 9.69 Å². The minimum absolute atomic E-state index is 0.185. The lowest BCUT2D eigenvalue weighted by atomic mass is 10.1. The second-order valence-corrected chi connectivity index (χ2v) is 10.5. The van der Waals surface area contributed by atoms with Crippen molar-refractivity contribution in [1.82, 2.24) is 20.2 Å². The zero-order chi connectivity index (χ0) is 26.4. The molecule has 0 spiro atoms. The topological polar surface area (TPSA) is 105 Å². The van der Waals surface area contributed by atoms with Gasteiger partial charge in [0.15, 0.2) is 5.13 Å². The van der Waals surface area contributed by atoms with Gasteiger partial charge in [-0.15, -0.1) is 11.3 Å². The molecular weight excluding hydrogens is 486 g/mol. The molecule has 1 amide bonds. The Morgan fingerprint density at radius 3 is 2.73 bits per heavy atom. The zero-order valence-corrected chi connectivity index (χ0v) is 22.3. The summed E-state index contributed by atoms with van der Waals surface area (Å²) in [6.45, 7) is 13.5. The van der Waals surface area contributed by atoms with E-state index < -0.39 is 0 Å². The molecule has 0 aliphatic carbocycles. The number of anilines is 3. The molecule has 4 N–H and O–H groups in total. The maximum Gasteiger partial charge on any atom is 0.441 e. The minimum atomic E-state index is -0.258. The molecular formula is C27H34N7O2S+. The molecule has 3 aromatic rings. The van der Waals surface area contributed by atoms with E-state index in [0.29, 0.717) is 11.5 Å². The predicted octanol–water partition coefficient (Wildman–Crippen LogP) is 4.12. The van der Waals surface area contributed by atoms with Crippen LogP contribution in [0.2, 0.25) is 0 Å². The number of benzene rings is 1. The van der Waals surface area contributed by atoms with Crippen LogP contribution in [0.3, 0.4) is 0 Å². The van der Waals surface area contributed by atoms with Crippen LogP contribution < -0.4 is 16.0 Å². The number of carbonyl (C=O) groups excluding carboxylic acids is 1. The number of aryl methyl sites for hydroxylation is 1. The molecule has 4 rings (SSSR count). The monoisotopic (exact) mass is 520 g/mol. The third-order valence-corrected chi connectivity index (χ3v) is 6.68. The lowest BCUT2D eigenvalue weighted by molar-refractivity contribution is -0.549. The van der Waals surface area contributed by atoms with Gasteiger partial charge in [-0.25, -0.2) is 19.9 Å². The predicted molar refractivity (Wildman–Crippen MR) is 150 cm³/mol. The maximum absolute atomic E-state index is 11.8. The van der Waals surface area contributed by atoms with Crippen molar-refractivity contribution < 1.29 is 14.5 Å². The highest BCUT2D eigenvalue weighted by atomic mass is 32.1. The van der Waals surface area contributed by atoms with Crippen molar-refractivity contribution in [1.29, 1.82) is 0 Å². The Balaban J connectivity index is 1.57. The van der Waals surface area contributed by atoms with E-state index in [-0.39, 0.29) is 18.0 Å². The number of carbonyl (C=O) groups is 1. The largest absolute Gasteiger partial charge is 0.447 e. The lowest BCUT2D eigenvalue weighted by Gasteiger charge is -2.27. The second kappa shape index (κ2) is 12.0. The van der Waals surface area contributed by atoms with Gasteiger partial charge in [0.1, 0.15) is 18.9 Å². The maximum atomic E-state index is 11.8. The number of hydrogen-bond donors (Lipinski definition) is 4. The van der Waals surface area contributed by atoms with Gasteiger partial charge in [-0.05, 0) is 56.7 Å². The van der Waals surface area contributed by atoms with Gasteiger partial charge < -0.3 is 15.7 Å². The number of nitrogens with one attached hydrogen (secondary N) is 3. The lowest BCUT2D eigenvalue weighted by Crippen LogP contribution is -2.47. The number of aliphatic hydroxyl groups is 1. The first-order valence-corrected chi connectivity index (χ1v) is 13.1. The number of amidine groups is 1. The van der Waals surface area contributed by atoms with E-state index in [4.69, 9.17) is 4.98 Å². The summed E-state index contributed by atoms with van der Waals surface area (Å²) in [6.07, 6.45) is 3.09. The summed E-state index contributed by atoms with van der Waals surface area (Å²) in [7, 11) is 0. The van der Waals surface area contributed by atoms with Crippen molar-refractivity contribution in [2.75, 3.05) is 36.8 Å². The summed E-state index contributed by atoms with van der Waals surface area (Å²) in [5, 5.41) is 20.3. The first-order valence-electron chi connectivity index (χ1n) is 12.3. The summed E-state index contributed by atoms with van der Waals surface area (Å²) >= 11 is 1.58. The van der Waals surface area contributed by atoms with Crippen LogP contribution in [0.4, 0.5) is 16.6 Å². The SMILES string of the molecule is C=CC(=O)Nc1cccc(-c2cc(CN3CC[N+](=C(O)NC(C)C)CC3)cc(Nc3ncc(C)s3)n2)c1. The fraction of sp³-hybridized carbons (Fsp3) is 0.333. The average molecular weight is 521 g/mol. The molecule has 1 aromatic carbocycles. The highest BCUT2D eigenvalue weighted by Gasteiger charge is 2.21. The highest BCUT2D eigenvalue weighted by molar-refractivity contribution is 7.15. The first-order chi connectivity index (χ1) is 17.8. The van der Waals surface area contributed by atoms with Gasteiger partial charge in [0.05, 0.1) is 11.7 Å². The summed E-state index contributed by atoms with van der Waals surface area (Å²) in [4.78, 5) is 24.6. The van der Waals surface area contributed by atoms with Gasteiger partial charge in [0, 0.05) is 42.0 Å². The Kier molecular flexibility index (Phi) is 8.52. The molecule has 0 radical (unpaired) electrons. The summed E-state index contributed by atoms with van der Waals surface area (Å²) in [6, 6.07) is 12.2. The number of pyridine rings is 1. The van der Waals surface area contributed by atoms with Crippen LogP contribution in [-0.4, -0.2) is 68.7 Å². The van der Waals surface area contributed by atoms with Gasteiger partial charge >= 0.3 is 6.02 Å². The molecule has 1 aliphatic heterocycles.